The molecule has 1 atom stereocenters. The van der Waals surface area contributed by atoms with Gasteiger partial charge in [-0.25, -0.2) is 4.68 Å². The molecule has 130 valence electrons. The zero-order valence-corrected chi connectivity index (χ0v) is 14.9. The first-order valence-corrected chi connectivity index (χ1v) is 8.32. The first kappa shape index (κ1) is 18.1. The maximum atomic E-state index is 12.4. The number of hydrogen-bond acceptors (Lipinski definition) is 4. The van der Waals surface area contributed by atoms with Crippen molar-refractivity contribution in [3.63, 3.8) is 0 Å². The van der Waals surface area contributed by atoms with Gasteiger partial charge in [-0.1, -0.05) is 37.3 Å². The molecule has 2 rings (SSSR count). The van der Waals surface area contributed by atoms with E-state index in [1.807, 2.05) is 44.2 Å². The summed E-state index contributed by atoms with van der Waals surface area (Å²) in [6, 6.07) is 9.76. The molecule has 3 N–H and O–H groups in total. The Balaban J connectivity index is 2.09. The lowest BCUT2D eigenvalue weighted by atomic mass is 9.90. The Morgan fingerprint density at radius 2 is 2.00 bits per heavy atom. The maximum Gasteiger partial charge on any atom is 0.226 e. The molecule has 6 heteroatoms. The molecule has 0 fully saturated rings. The van der Waals surface area contributed by atoms with Gasteiger partial charge in [0.2, 0.25) is 5.91 Å². The van der Waals surface area contributed by atoms with E-state index >= 15 is 0 Å². The molecule has 1 aromatic carbocycles. The molecule has 0 spiro atoms. The van der Waals surface area contributed by atoms with Crippen LogP contribution in [-0.4, -0.2) is 33.0 Å². The van der Waals surface area contributed by atoms with Crippen molar-refractivity contribution in [1.82, 2.24) is 20.3 Å². The molecule has 0 aliphatic rings. The highest BCUT2D eigenvalue weighted by atomic mass is 16.1. The molecule has 0 saturated heterocycles. The third kappa shape index (κ3) is 4.41. The van der Waals surface area contributed by atoms with Crippen LogP contribution in [0.15, 0.2) is 30.3 Å². The molecule has 6 nitrogen and oxygen atoms in total. The van der Waals surface area contributed by atoms with Crippen LogP contribution in [0.3, 0.4) is 0 Å². The van der Waals surface area contributed by atoms with Crippen LogP contribution in [0.5, 0.6) is 0 Å². The van der Waals surface area contributed by atoms with E-state index in [4.69, 9.17) is 5.73 Å². The van der Waals surface area contributed by atoms with Gasteiger partial charge in [0, 0.05) is 12.1 Å². The largest absolute Gasteiger partial charge is 0.349 e. The fourth-order valence-electron chi connectivity index (χ4n) is 2.96. The van der Waals surface area contributed by atoms with E-state index in [0.717, 1.165) is 17.8 Å². The van der Waals surface area contributed by atoms with Crippen molar-refractivity contribution < 1.29 is 4.79 Å². The number of para-hydroxylation sites is 1. The Morgan fingerprint density at radius 3 is 2.58 bits per heavy atom. The second kappa shape index (κ2) is 7.57. The van der Waals surface area contributed by atoms with Crippen LogP contribution in [0.25, 0.3) is 5.69 Å². The summed E-state index contributed by atoms with van der Waals surface area (Å²) in [5.74, 6) is 0.381. The summed E-state index contributed by atoms with van der Waals surface area (Å²) in [5, 5.41) is 11.4. The third-order valence-electron chi connectivity index (χ3n) is 4.07. The number of nitrogens with zero attached hydrogens (tertiary/aromatic N) is 3. The number of benzene rings is 1. The lowest BCUT2D eigenvalue weighted by molar-refractivity contribution is -0.122. The van der Waals surface area contributed by atoms with Crippen LogP contribution in [0, 0.1) is 12.8 Å². The lowest BCUT2D eigenvalue weighted by Crippen LogP contribution is -2.52. The SMILES string of the molecule is Cc1c(CC(=O)NC(C)(CN)CC(C)C)nnn1-c1ccccc1. The Bertz CT molecular complexity index is 680. The molecule has 1 amide bonds. The quantitative estimate of drug-likeness (QED) is 0.813. The Morgan fingerprint density at radius 1 is 1.33 bits per heavy atom. The molecular formula is C18H27N5O. The molecule has 1 aromatic heterocycles. The molecule has 1 heterocycles. The van der Waals surface area contributed by atoms with E-state index < -0.39 is 5.54 Å². The molecule has 0 radical (unpaired) electrons. The van der Waals surface area contributed by atoms with Crippen LogP contribution in [0.1, 0.15) is 38.6 Å². The third-order valence-corrected chi connectivity index (χ3v) is 4.07. The summed E-state index contributed by atoms with van der Waals surface area (Å²) in [4.78, 5) is 12.4. The zero-order valence-electron chi connectivity index (χ0n) is 14.9. The van der Waals surface area contributed by atoms with Crippen LogP contribution < -0.4 is 11.1 Å². The van der Waals surface area contributed by atoms with Crippen molar-refractivity contribution in [3.8, 4) is 5.69 Å². The summed E-state index contributed by atoms with van der Waals surface area (Å²) >= 11 is 0. The van der Waals surface area contributed by atoms with E-state index in [1.54, 1.807) is 4.68 Å². The number of carbonyl (C=O) groups excluding carboxylic acids is 1. The summed E-state index contributed by atoms with van der Waals surface area (Å²) in [7, 11) is 0. The minimum absolute atomic E-state index is 0.0770. The highest BCUT2D eigenvalue weighted by Gasteiger charge is 2.26. The van der Waals surface area contributed by atoms with Gasteiger partial charge in [-0.15, -0.1) is 5.10 Å². The monoisotopic (exact) mass is 329 g/mol. The van der Waals surface area contributed by atoms with E-state index in [1.165, 1.54) is 0 Å². The standard InChI is InChI=1S/C18H27N5O/c1-13(2)11-18(4,12-19)20-17(24)10-16-14(3)23(22-21-16)15-8-6-5-7-9-15/h5-9,13H,10-12,19H2,1-4H3,(H,20,24). The first-order chi connectivity index (χ1) is 11.3. The van der Waals surface area contributed by atoms with Gasteiger partial charge in [-0.2, -0.15) is 0 Å². The minimum Gasteiger partial charge on any atom is -0.349 e. The van der Waals surface area contributed by atoms with Crippen LogP contribution in [0.2, 0.25) is 0 Å². The highest BCUT2D eigenvalue weighted by molar-refractivity contribution is 5.79. The molecule has 0 saturated carbocycles. The molecule has 0 aliphatic heterocycles. The topological polar surface area (TPSA) is 85.8 Å². The van der Waals surface area contributed by atoms with Gasteiger partial charge < -0.3 is 11.1 Å². The van der Waals surface area contributed by atoms with Crippen LogP contribution in [-0.2, 0) is 11.2 Å². The average Bonchev–Trinajstić information content (AvgIpc) is 2.88. The maximum absolute atomic E-state index is 12.4. The Kier molecular flexibility index (Phi) is 5.72. The second-order valence-electron chi connectivity index (χ2n) is 6.96. The number of rotatable bonds is 7. The fourth-order valence-corrected chi connectivity index (χ4v) is 2.96. The molecule has 2 aromatic rings. The zero-order chi connectivity index (χ0) is 17.7. The number of hydrogen-bond donors (Lipinski definition) is 2. The predicted octanol–water partition coefficient (Wildman–Crippen LogP) is 2.00. The fraction of sp³-hybridized carbons (Fsp3) is 0.500. The molecule has 0 bridgehead atoms. The van der Waals surface area contributed by atoms with Crippen LogP contribution >= 0.6 is 0 Å². The lowest BCUT2D eigenvalue weighted by Gasteiger charge is -2.31. The highest BCUT2D eigenvalue weighted by Crippen LogP contribution is 2.16. The van der Waals surface area contributed by atoms with Gasteiger partial charge >= 0.3 is 0 Å². The van der Waals surface area contributed by atoms with Gasteiger partial charge in [0.1, 0.15) is 0 Å². The number of aromatic nitrogens is 3. The summed E-state index contributed by atoms with van der Waals surface area (Å²) in [6.45, 7) is 8.56. The van der Waals surface area contributed by atoms with Crippen molar-refractivity contribution in [2.45, 2.75) is 46.1 Å². The summed E-state index contributed by atoms with van der Waals surface area (Å²) in [6.07, 6.45) is 1.04. The van der Waals surface area contributed by atoms with Gasteiger partial charge in [0.25, 0.3) is 0 Å². The van der Waals surface area contributed by atoms with E-state index in [2.05, 4.69) is 29.5 Å². The van der Waals surface area contributed by atoms with Gasteiger partial charge in [-0.3, -0.25) is 4.79 Å². The number of carbonyl (C=O) groups is 1. The van der Waals surface area contributed by atoms with Crippen LogP contribution in [0.4, 0.5) is 0 Å². The van der Waals surface area contributed by atoms with Crippen molar-refractivity contribution in [1.29, 1.82) is 0 Å². The van der Waals surface area contributed by atoms with Gasteiger partial charge in [-0.05, 0) is 38.3 Å². The van der Waals surface area contributed by atoms with E-state index in [-0.39, 0.29) is 12.3 Å². The van der Waals surface area contributed by atoms with Crippen molar-refractivity contribution in [3.05, 3.63) is 41.7 Å². The number of nitrogens with one attached hydrogen (secondary N) is 1. The average molecular weight is 329 g/mol. The minimum atomic E-state index is -0.394. The van der Waals surface area contributed by atoms with Crippen molar-refractivity contribution in [2.75, 3.05) is 6.54 Å². The summed E-state index contributed by atoms with van der Waals surface area (Å²) < 4.78 is 1.75. The Hall–Kier alpha value is -2.21. The molecule has 24 heavy (non-hydrogen) atoms. The van der Waals surface area contributed by atoms with Crippen molar-refractivity contribution >= 4 is 5.91 Å². The van der Waals surface area contributed by atoms with Gasteiger partial charge in [0.15, 0.2) is 0 Å². The van der Waals surface area contributed by atoms with E-state index in [9.17, 15) is 4.79 Å². The number of nitrogens with two attached hydrogens (primary N) is 1. The Labute approximate surface area is 143 Å². The smallest absolute Gasteiger partial charge is 0.226 e. The van der Waals surface area contributed by atoms with Gasteiger partial charge in [0.05, 0.1) is 23.5 Å². The second-order valence-corrected chi connectivity index (χ2v) is 6.96. The predicted molar refractivity (Wildman–Crippen MR) is 94.9 cm³/mol. The molecule has 0 aliphatic carbocycles. The van der Waals surface area contributed by atoms with E-state index in [0.29, 0.717) is 18.2 Å². The summed E-state index contributed by atoms with van der Waals surface area (Å²) in [5.41, 5.74) is 7.95. The molecule has 1 unspecified atom stereocenters. The number of amides is 1. The normalized spacial score (nSPS) is 13.8. The molecular weight excluding hydrogens is 302 g/mol. The first-order valence-electron chi connectivity index (χ1n) is 8.32. The van der Waals surface area contributed by atoms with Crippen molar-refractivity contribution in [2.24, 2.45) is 11.7 Å².